The number of carbonyl (C=O) groups is 2. The van der Waals surface area contributed by atoms with Gasteiger partial charge in [0.2, 0.25) is 5.91 Å². The Morgan fingerprint density at radius 3 is 2.39 bits per heavy atom. The molecule has 2 amide bonds. The summed E-state index contributed by atoms with van der Waals surface area (Å²) in [5, 5.41) is 6.31. The van der Waals surface area contributed by atoms with Crippen LogP contribution in [0, 0.1) is 0 Å². The van der Waals surface area contributed by atoms with Gasteiger partial charge in [0.25, 0.3) is 5.91 Å². The maximum atomic E-state index is 12.3. The smallest absolute Gasteiger partial charge is 0.265 e. The molecule has 2 aromatic rings. The molecule has 0 unspecified atom stereocenters. The Morgan fingerprint density at radius 2 is 1.78 bits per heavy atom. The number of hydrogen-bond acceptors (Lipinski definition) is 5. The molecule has 0 aliphatic rings. The van der Waals surface area contributed by atoms with Gasteiger partial charge in [-0.05, 0) is 18.2 Å². The predicted molar refractivity (Wildman–Crippen MR) is 91.1 cm³/mol. The molecule has 23 heavy (non-hydrogen) atoms. The summed E-state index contributed by atoms with van der Waals surface area (Å²) in [4.78, 5) is 23.8. The highest BCUT2D eigenvalue weighted by atomic mass is 35.5. The molecule has 0 saturated heterocycles. The summed E-state index contributed by atoms with van der Waals surface area (Å²) >= 11 is 7.24. The van der Waals surface area contributed by atoms with Gasteiger partial charge in [-0.3, -0.25) is 9.59 Å². The van der Waals surface area contributed by atoms with E-state index in [4.69, 9.17) is 21.1 Å². The number of rotatable bonds is 5. The van der Waals surface area contributed by atoms with Crippen molar-refractivity contribution >= 4 is 45.4 Å². The summed E-state index contributed by atoms with van der Waals surface area (Å²) in [5.41, 5.74) is 0.428. The van der Waals surface area contributed by atoms with Crippen molar-refractivity contribution in [1.29, 1.82) is 0 Å². The van der Waals surface area contributed by atoms with Gasteiger partial charge in [-0.25, -0.2) is 0 Å². The first-order valence-electron chi connectivity index (χ1n) is 6.55. The van der Waals surface area contributed by atoms with Crippen LogP contribution < -0.4 is 20.1 Å². The molecule has 1 aromatic heterocycles. The van der Waals surface area contributed by atoms with E-state index in [1.165, 1.54) is 32.5 Å². The number of methoxy groups -OCH3 is 2. The molecule has 2 N–H and O–H groups in total. The van der Waals surface area contributed by atoms with Gasteiger partial charge in [0, 0.05) is 13.0 Å². The van der Waals surface area contributed by atoms with Crippen molar-refractivity contribution in [2.75, 3.05) is 24.9 Å². The molecular weight excluding hydrogens is 340 g/mol. The van der Waals surface area contributed by atoms with Crippen LogP contribution in [0.1, 0.15) is 16.6 Å². The van der Waals surface area contributed by atoms with E-state index in [1.54, 1.807) is 24.3 Å². The van der Waals surface area contributed by atoms with Gasteiger partial charge in [0.05, 0.1) is 34.8 Å². The van der Waals surface area contributed by atoms with Crippen LogP contribution >= 0.6 is 22.9 Å². The fourth-order valence-corrected chi connectivity index (χ4v) is 2.93. The number of hydrogen-bond donors (Lipinski definition) is 2. The van der Waals surface area contributed by atoms with Crippen LogP contribution in [0.15, 0.2) is 24.3 Å². The Morgan fingerprint density at radius 1 is 1.09 bits per heavy atom. The molecule has 2 rings (SSSR count). The fourth-order valence-electron chi connectivity index (χ4n) is 1.84. The zero-order valence-corrected chi connectivity index (χ0v) is 14.3. The Kier molecular flexibility index (Phi) is 5.46. The van der Waals surface area contributed by atoms with Crippen LogP contribution in [0.25, 0.3) is 0 Å². The predicted octanol–water partition coefficient (Wildman–Crippen LogP) is 3.63. The molecule has 0 fully saturated rings. The highest BCUT2D eigenvalue weighted by Crippen LogP contribution is 2.36. The van der Waals surface area contributed by atoms with Crippen LogP contribution in [0.4, 0.5) is 10.7 Å². The fraction of sp³-hybridized carbons (Fsp3) is 0.200. The van der Waals surface area contributed by atoms with Gasteiger partial charge in [0.15, 0.2) is 0 Å². The van der Waals surface area contributed by atoms with Gasteiger partial charge in [-0.2, -0.15) is 0 Å². The van der Waals surface area contributed by atoms with Gasteiger partial charge in [0.1, 0.15) is 11.5 Å². The van der Waals surface area contributed by atoms with E-state index in [0.717, 1.165) is 0 Å². The van der Waals surface area contributed by atoms with Crippen LogP contribution in [0.5, 0.6) is 11.5 Å². The molecule has 0 aliphatic carbocycles. The van der Waals surface area contributed by atoms with Gasteiger partial charge >= 0.3 is 0 Å². The normalized spacial score (nSPS) is 10.1. The minimum absolute atomic E-state index is 0.192. The van der Waals surface area contributed by atoms with E-state index in [-0.39, 0.29) is 11.8 Å². The van der Waals surface area contributed by atoms with Gasteiger partial charge < -0.3 is 20.1 Å². The Labute approximate surface area is 142 Å². The summed E-state index contributed by atoms with van der Waals surface area (Å²) in [6.07, 6.45) is 0. The quantitative estimate of drug-likeness (QED) is 0.859. The molecule has 0 saturated carbocycles. The van der Waals surface area contributed by atoms with Crippen molar-refractivity contribution in [2.24, 2.45) is 0 Å². The number of nitrogens with one attached hydrogen (secondary N) is 2. The highest BCUT2D eigenvalue weighted by Gasteiger charge is 2.15. The van der Waals surface area contributed by atoms with Crippen molar-refractivity contribution in [3.8, 4) is 11.5 Å². The van der Waals surface area contributed by atoms with Crippen molar-refractivity contribution in [3.63, 3.8) is 0 Å². The molecule has 122 valence electrons. The number of anilines is 2. The molecule has 0 radical (unpaired) electrons. The summed E-state index contributed by atoms with van der Waals surface area (Å²) < 4.78 is 10.3. The second kappa shape index (κ2) is 7.34. The van der Waals surface area contributed by atoms with Crippen molar-refractivity contribution in [1.82, 2.24) is 0 Å². The van der Waals surface area contributed by atoms with Gasteiger partial charge in [-0.15, -0.1) is 11.3 Å². The zero-order chi connectivity index (χ0) is 17.0. The Bertz CT molecular complexity index is 745. The second-order valence-electron chi connectivity index (χ2n) is 4.49. The van der Waals surface area contributed by atoms with Crippen LogP contribution in [-0.4, -0.2) is 26.0 Å². The lowest BCUT2D eigenvalue weighted by atomic mass is 10.2. The molecule has 0 bridgehead atoms. The largest absolute Gasteiger partial charge is 0.495 e. The standard InChI is InChI=1S/C15H15ClN2O4S/c1-8(19)17-14-5-4-13(23-14)15(20)18-10-6-9(16)11(21-2)7-12(10)22-3/h4-7H,1-3H3,(H,17,19)(H,18,20). The summed E-state index contributed by atoms with van der Waals surface area (Å²) in [7, 11) is 2.98. The third-order valence-electron chi connectivity index (χ3n) is 2.85. The van der Waals surface area contributed by atoms with Crippen LogP contribution in [0.3, 0.4) is 0 Å². The zero-order valence-electron chi connectivity index (χ0n) is 12.7. The SMILES string of the molecule is COc1cc(OC)c(NC(=O)c2ccc(NC(C)=O)s2)cc1Cl. The van der Waals surface area contributed by atoms with Crippen molar-refractivity contribution in [2.45, 2.75) is 6.92 Å². The molecular formula is C15H15ClN2O4S. The number of halogens is 1. The Hall–Kier alpha value is -2.25. The van der Waals surface area contributed by atoms with E-state index < -0.39 is 0 Å². The highest BCUT2D eigenvalue weighted by molar-refractivity contribution is 7.18. The summed E-state index contributed by atoms with van der Waals surface area (Å²) in [5.74, 6) is 0.359. The summed E-state index contributed by atoms with van der Waals surface area (Å²) in [6, 6.07) is 6.44. The van der Waals surface area contributed by atoms with Crippen molar-refractivity contribution < 1.29 is 19.1 Å². The molecule has 8 heteroatoms. The monoisotopic (exact) mass is 354 g/mol. The average molecular weight is 355 g/mol. The lowest BCUT2D eigenvalue weighted by molar-refractivity contribution is -0.114. The first kappa shape index (κ1) is 17.1. The number of carbonyl (C=O) groups excluding carboxylic acids is 2. The third kappa shape index (κ3) is 4.14. The molecule has 1 heterocycles. The number of amides is 2. The summed E-state index contributed by atoms with van der Waals surface area (Å²) in [6.45, 7) is 1.41. The van der Waals surface area contributed by atoms with E-state index >= 15 is 0 Å². The van der Waals surface area contributed by atoms with Crippen LogP contribution in [0.2, 0.25) is 5.02 Å². The third-order valence-corrected chi connectivity index (χ3v) is 4.15. The van der Waals surface area contributed by atoms with E-state index in [9.17, 15) is 9.59 Å². The lowest BCUT2D eigenvalue weighted by Gasteiger charge is -2.12. The average Bonchev–Trinajstić information content (AvgIpc) is 2.95. The minimum Gasteiger partial charge on any atom is -0.495 e. The van der Waals surface area contributed by atoms with Gasteiger partial charge in [-0.1, -0.05) is 11.6 Å². The number of benzene rings is 1. The molecule has 0 aliphatic heterocycles. The van der Waals surface area contributed by atoms with Crippen molar-refractivity contribution in [3.05, 3.63) is 34.2 Å². The number of thiophene rings is 1. The first-order chi connectivity index (χ1) is 10.9. The first-order valence-corrected chi connectivity index (χ1v) is 7.74. The van der Waals surface area contributed by atoms with Crippen LogP contribution in [-0.2, 0) is 4.79 Å². The topological polar surface area (TPSA) is 76.7 Å². The minimum atomic E-state index is -0.328. The van der Waals surface area contributed by atoms with E-state index in [1.807, 2.05) is 0 Å². The van der Waals surface area contributed by atoms with E-state index in [0.29, 0.717) is 32.1 Å². The second-order valence-corrected chi connectivity index (χ2v) is 5.98. The van der Waals surface area contributed by atoms with E-state index in [2.05, 4.69) is 10.6 Å². The maximum absolute atomic E-state index is 12.3. The lowest BCUT2D eigenvalue weighted by Crippen LogP contribution is -2.11. The number of ether oxygens (including phenoxy) is 2. The molecule has 0 atom stereocenters. The Balaban J connectivity index is 2.21. The molecule has 6 nitrogen and oxygen atoms in total. The molecule has 0 spiro atoms. The maximum Gasteiger partial charge on any atom is 0.265 e. The molecule has 1 aromatic carbocycles.